The average molecular weight is 1040 g/mol. The molecular formula is C44H36BrF12N5O2P2. The fourth-order valence-electron chi connectivity index (χ4n) is 5.94. The second-order valence-electron chi connectivity index (χ2n) is 14.2. The van der Waals surface area contributed by atoms with Gasteiger partial charge < -0.3 is 15.5 Å². The molecule has 0 saturated carbocycles. The van der Waals surface area contributed by atoms with Gasteiger partial charge in [-0.2, -0.15) is 9.13 Å². The first-order chi connectivity index (χ1) is 30.4. The van der Waals surface area contributed by atoms with Gasteiger partial charge in [-0.25, -0.2) is 0 Å². The van der Waals surface area contributed by atoms with Gasteiger partial charge in [0, 0.05) is 55.9 Å². The van der Waals surface area contributed by atoms with Gasteiger partial charge in [0.1, 0.15) is 11.4 Å². The van der Waals surface area contributed by atoms with E-state index in [2.05, 4.69) is 55.7 Å². The molecule has 0 atom stereocenters. The van der Waals surface area contributed by atoms with E-state index in [1.807, 2.05) is 167 Å². The first kappa shape index (κ1) is 50.6. The smallest absolute Gasteiger partial charge is 0.255 e. The van der Waals surface area contributed by atoms with Gasteiger partial charge in [-0.3, -0.25) is 9.59 Å². The molecule has 0 aliphatic heterocycles. The van der Waals surface area contributed by atoms with Crippen LogP contribution in [-0.4, -0.2) is 11.8 Å². The van der Waals surface area contributed by atoms with E-state index in [0.717, 1.165) is 21.5 Å². The van der Waals surface area contributed by atoms with Crippen LogP contribution in [0, 0.1) is 0 Å². The van der Waals surface area contributed by atoms with Gasteiger partial charge in [0.2, 0.25) is 0 Å². The summed E-state index contributed by atoms with van der Waals surface area (Å²) < 4.78 is 123. The van der Waals surface area contributed by atoms with E-state index >= 15 is 0 Å². The number of nitrogens with zero attached hydrogens (tertiary/aromatic N) is 3. The molecule has 0 spiro atoms. The molecule has 5 aromatic carbocycles. The average Bonchev–Trinajstić information content (AvgIpc) is 3.21. The Balaban J connectivity index is 0.000000507. The monoisotopic (exact) mass is 1040 g/mol. The number of aromatic nitrogens is 2. The predicted molar refractivity (Wildman–Crippen MR) is 236 cm³/mol. The van der Waals surface area contributed by atoms with Crippen LogP contribution in [0.2, 0.25) is 0 Å². The number of rotatable bonds is 11. The summed E-state index contributed by atoms with van der Waals surface area (Å²) in [6, 6.07) is 51.0. The molecule has 0 bridgehead atoms. The van der Waals surface area contributed by atoms with Crippen LogP contribution in [0.25, 0.3) is 0 Å². The molecule has 0 aliphatic rings. The Kier molecular flexibility index (Phi) is 14.2. The predicted octanol–water partition coefficient (Wildman–Crippen LogP) is 15.9. The minimum absolute atomic E-state index is 0.196. The maximum absolute atomic E-state index is 13.3. The van der Waals surface area contributed by atoms with E-state index in [0.29, 0.717) is 35.6 Å². The molecule has 66 heavy (non-hydrogen) atoms. The molecule has 7 nitrogen and oxygen atoms in total. The number of carbonyl (C=O) groups excluding carboxylic acids is 2. The van der Waals surface area contributed by atoms with Crippen molar-refractivity contribution < 1.29 is 69.1 Å². The van der Waals surface area contributed by atoms with E-state index in [1.54, 1.807) is 0 Å². The van der Waals surface area contributed by atoms with Crippen molar-refractivity contribution in [1.82, 2.24) is 0 Å². The topological polar surface area (TPSA) is 69.2 Å². The van der Waals surface area contributed by atoms with Gasteiger partial charge >= 0.3 is 66.0 Å². The normalized spacial score (nSPS) is 13.3. The maximum Gasteiger partial charge on any atom is 0.255 e. The zero-order valence-corrected chi connectivity index (χ0v) is 37.1. The van der Waals surface area contributed by atoms with Gasteiger partial charge in [-0.1, -0.05) is 76.6 Å². The van der Waals surface area contributed by atoms with Crippen LogP contribution in [-0.2, 0) is 13.1 Å². The van der Waals surface area contributed by atoms with E-state index in [1.165, 1.54) is 11.1 Å². The Morgan fingerprint density at radius 2 is 0.742 bits per heavy atom. The van der Waals surface area contributed by atoms with Gasteiger partial charge in [-0.15, -0.1) is 0 Å². The number of hydrogen-bond donors (Lipinski definition) is 2. The van der Waals surface area contributed by atoms with Crippen LogP contribution in [0.4, 0.5) is 78.8 Å². The van der Waals surface area contributed by atoms with Gasteiger partial charge in [-0.05, 0) is 84.9 Å². The number of hydrogen-bond acceptors (Lipinski definition) is 3. The molecule has 0 unspecified atom stereocenters. The number of halogens is 13. The number of amides is 2. The molecule has 0 fully saturated rings. The Hall–Kier alpha value is -6.36. The van der Waals surface area contributed by atoms with Crippen molar-refractivity contribution in [2.45, 2.75) is 13.1 Å². The van der Waals surface area contributed by atoms with Crippen molar-refractivity contribution in [3.8, 4) is 0 Å². The number of benzene rings is 5. The summed E-state index contributed by atoms with van der Waals surface area (Å²) in [6.45, 7) is 1.41. The Bertz CT molecular complexity index is 2580. The number of anilines is 5. The van der Waals surface area contributed by atoms with Crippen LogP contribution < -0.4 is 24.7 Å². The Morgan fingerprint density at radius 1 is 0.439 bits per heavy atom. The zero-order chi connectivity index (χ0) is 48.5. The van der Waals surface area contributed by atoms with Crippen molar-refractivity contribution in [1.29, 1.82) is 0 Å². The first-order valence-electron chi connectivity index (χ1n) is 18.9. The third-order valence-corrected chi connectivity index (χ3v) is 9.04. The summed E-state index contributed by atoms with van der Waals surface area (Å²) in [5.74, 6) is -0.392. The molecule has 0 radical (unpaired) electrons. The largest absolute Gasteiger partial charge is 0.317 e. The molecule has 7 aromatic rings. The quantitative estimate of drug-likeness (QED) is 0.0771. The molecular weight excluding hydrogens is 1000 g/mol. The van der Waals surface area contributed by atoms with E-state index in [4.69, 9.17) is 0 Å². The Morgan fingerprint density at radius 3 is 1.06 bits per heavy atom. The summed E-state index contributed by atoms with van der Waals surface area (Å²) in [5, 5.41) is 6.07. The maximum atomic E-state index is 13.3. The fraction of sp³-hybridized carbons (Fsp3) is 0.0455. The van der Waals surface area contributed by atoms with Crippen LogP contribution >= 0.6 is 31.5 Å². The third kappa shape index (κ3) is 20.2. The van der Waals surface area contributed by atoms with Crippen LogP contribution in [0.1, 0.15) is 31.8 Å². The molecule has 7 rings (SSSR count). The van der Waals surface area contributed by atoms with Crippen LogP contribution in [0.3, 0.4) is 0 Å². The van der Waals surface area contributed by atoms with Crippen molar-refractivity contribution in [2.75, 3.05) is 15.5 Å². The summed E-state index contributed by atoms with van der Waals surface area (Å²) in [6.07, 6.45) is 7.83. The molecule has 22 heteroatoms. The van der Waals surface area contributed by atoms with Gasteiger partial charge in [0.05, 0.1) is 0 Å². The van der Waals surface area contributed by atoms with E-state index < -0.39 is 15.6 Å². The van der Waals surface area contributed by atoms with Gasteiger partial charge in [0.15, 0.2) is 37.9 Å². The molecule has 2 N–H and O–H groups in total. The number of pyridine rings is 2. The molecule has 350 valence electrons. The van der Waals surface area contributed by atoms with Crippen molar-refractivity contribution >= 4 is 71.8 Å². The zero-order valence-electron chi connectivity index (χ0n) is 33.7. The Labute approximate surface area is 377 Å². The standard InChI is InChI=1S/C44H34BrN5O2.2F6P/c45-37-19-25-42(26-20-37)50(40-21-15-35(16-22-40)43(51)46-38-13-7-27-48(31-38)29-33-9-3-1-4-10-33)41-23-17-36(18-24-41)44(52)47-39-14-8-28-49(32-39)30-34-11-5-2-6-12-34;2*1-7(2,3,4,5)6/h1-28,31-32H,29-30H2;;/q;2*-1/p+2. The third-order valence-electron chi connectivity index (χ3n) is 8.51. The van der Waals surface area contributed by atoms with Gasteiger partial charge in [0.25, 0.3) is 11.8 Å². The van der Waals surface area contributed by atoms with Crippen LogP contribution in [0.15, 0.2) is 187 Å². The minimum atomic E-state index is -10.7. The van der Waals surface area contributed by atoms with Crippen molar-refractivity contribution in [2.24, 2.45) is 0 Å². The SMILES string of the molecule is F[P-](F)(F)(F)(F)F.F[P-](F)(F)(F)(F)F.O=C(Nc1ccc[n+](Cc2ccccc2)c1)c1ccc(N(c2ccc(Br)cc2)c2ccc(C(=O)Nc3ccc[n+](Cc4ccccc4)c3)cc2)cc1. The number of carbonyl (C=O) groups is 2. The summed E-state index contributed by atoms with van der Waals surface area (Å²) in [7, 11) is -21.3. The summed E-state index contributed by atoms with van der Waals surface area (Å²) in [4.78, 5) is 28.7. The molecule has 0 saturated heterocycles. The van der Waals surface area contributed by atoms with Crippen molar-refractivity contribution in [3.63, 3.8) is 0 Å². The molecule has 2 aromatic heterocycles. The molecule has 2 heterocycles. The number of nitrogens with one attached hydrogen (secondary N) is 2. The van der Waals surface area contributed by atoms with E-state index in [-0.39, 0.29) is 11.8 Å². The summed E-state index contributed by atoms with van der Waals surface area (Å²) >= 11 is 3.54. The fourth-order valence-corrected chi connectivity index (χ4v) is 6.21. The van der Waals surface area contributed by atoms with Crippen LogP contribution in [0.5, 0.6) is 0 Å². The molecule has 2 amide bonds. The van der Waals surface area contributed by atoms with Crippen molar-refractivity contribution in [3.05, 3.63) is 209 Å². The summed E-state index contributed by atoms with van der Waals surface area (Å²) in [5.41, 5.74) is 7.52. The minimum Gasteiger partial charge on any atom is -0.317 e. The first-order valence-corrected chi connectivity index (χ1v) is 23.8. The van der Waals surface area contributed by atoms with E-state index in [9.17, 15) is 60.0 Å². The molecule has 0 aliphatic carbocycles. The second kappa shape index (κ2) is 18.5. The second-order valence-corrected chi connectivity index (χ2v) is 19.0.